The van der Waals surface area contributed by atoms with E-state index in [1.807, 2.05) is 10.3 Å². The Morgan fingerprint density at radius 2 is 2.40 bits per heavy atom. The number of amides is 2. The maximum absolute atomic E-state index is 11.8. The van der Waals surface area contributed by atoms with Gasteiger partial charge in [0, 0.05) is 19.7 Å². The number of carbonyl (C=O) groups is 2. The molecule has 0 aliphatic carbocycles. The molecule has 4 N–H and O–H groups in total. The molecule has 0 bridgehead atoms. The molecule has 0 saturated carbocycles. The number of ether oxygens (including phenoxy) is 1. The largest absolute Gasteiger partial charge is 0.378 e. The van der Waals surface area contributed by atoms with E-state index in [0.29, 0.717) is 32.1 Å². The van der Waals surface area contributed by atoms with Crippen LogP contribution in [0.1, 0.15) is 16.2 Å². The summed E-state index contributed by atoms with van der Waals surface area (Å²) in [5.41, 5.74) is 2.08. The van der Waals surface area contributed by atoms with Crippen LogP contribution in [0.4, 0.5) is 0 Å². The zero-order chi connectivity index (χ0) is 14.5. The summed E-state index contributed by atoms with van der Waals surface area (Å²) in [7, 11) is 1.58. The number of nitrogens with two attached hydrogens (primary N) is 1. The molecule has 9 nitrogen and oxygen atoms in total. The summed E-state index contributed by atoms with van der Waals surface area (Å²) < 4.78 is 10.4. The topological polar surface area (TPSA) is 123 Å². The van der Waals surface area contributed by atoms with Gasteiger partial charge in [-0.2, -0.15) is 0 Å². The van der Waals surface area contributed by atoms with E-state index in [1.165, 1.54) is 6.07 Å². The molecule has 1 aliphatic rings. The Balaban J connectivity index is 2.05. The van der Waals surface area contributed by atoms with Gasteiger partial charge in [0.1, 0.15) is 6.04 Å². The zero-order valence-corrected chi connectivity index (χ0v) is 11.1. The van der Waals surface area contributed by atoms with Gasteiger partial charge in [-0.3, -0.25) is 19.9 Å². The highest BCUT2D eigenvalue weighted by molar-refractivity contribution is 5.91. The summed E-state index contributed by atoms with van der Waals surface area (Å²) >= 11 is 0. The van der Waals surface area contributed by atoms with Gasteiger partial charge < -0.3 is 14.6 Å². The first kappa shape index (κ1) is 14.4. The Morgan fingerprint density at radius 3 is 3.10 bits per heavy atom. The van der Waals surface area contributed by atoms with Crippen molar-refractivity contribution < 1.29 is 18.8 Å². The van der Waals surface area contributed by atoms with E-state index < -0.39 is 5.91 Å². The quantitative estimate of drug-likeness (QED) is 0.339. The number of carbonyl (C=O) groups excluding carboxylic acids is 2. The van der Waals surface area contributed by atoms with E-state index in [0.717, 1.165) is 0 Å². The fraction of sp³-hybridized carbons (Fsp3) is 0.545. The predicted octanol–water partition coefficient (Wildman–Crippen LogP) is -1.78. The molecule has 0 spiro atoms. The number of hydrogen-bond acceptors (Lipinski definition) is 7. The molecular formula is C11H17N5O4. The van der Waals surface area contributed by atoms with Crippen LogP contribution in [0.15, 0.2) is 10.6 Å². The van der Waals surface area contributed by atoms with Crippen LogP contribution < -0.4 is 16.6 Å². The maximum Gasteiger partial charge on any atom is 0.287 e. The van der Waals surface area contributed by atoms with Gasteiger partial charge in [-0.25, -0.2) is 5.84 Å². The first-order valence-corrected chi connectivity index (χ1v) is 6.15. The van der Waals surface area contributed by atoms with E-state index in [9.17, 15) is 9.59 Å². The second kappa shape index (κ2) is 6.46. The minimum Gasteiger partial charge on any atom is -0.378 e. The highest BCUT2D eigenvalue weighted by Gasteiger charge is 2.29. The molecule has 1 fully saturated rings. The molecule has 2 rings (SSSR count). The second-order valence-corrected chi connectivity index (χ2v) is 4.33. The van der Waals surface area contributed by atoms with Crippen molar-refractivity contribution in [3.63, 3.8) is 0 Å². The normalized spacial score (nSPS) is 19.6. The fourth-order valence-corrected chi connectivity index (χ4v) is 2.00. The lowest BCUT2D eigenvalue weighted by molar-refractivity contribution is -0.132. The molecule has 0 aromatic carbocycles. The third-order valence-corrected chi connectivity index (χ3v) is 3.07. The third kappa shape index (κ3) is 3.13. The monoisotopic (exact) mass is 283 g/mol. The van der Waals surface area contributed by atoms with E-state index >= 15 is 0 Å². The maximum atomic E-state index is 11.8. The number of nitrogen functional groups attached to an aromatic ring is 1. The molecule has 1 aliphatic heterocycles. The van der Waals surface area contributed by atoms with Crippen molar-refractivity contribution in [1.82, 2.24) is 20.8 Å². The Kier molecular flexibility index (Phi) is 4.66. The summed E-state index contributed by atoms with van der Waals surface area (Å²) in [6.07, 6.45) is 0. The van der Waals surface area contributed by atoms with Crippen LogP contribution in [-0.4, -0.2) is 54.7 Å². The Morgan fingerprint density at radius 1 is 1.60 bits per heavy atom. The van der Waals surface area contributed by atoms with Crippen LogP contribution in [0.5, 0.6) is 0 Å². The van der Waals surface area contributed by atoms with Crippen LogP contribution in [0.2, 0.25) is 0 Å². The van der Waals surface area contributed by atoms with E-state index in [4.69, 9.17) is 15.1 Å². The van der Waals surface area contributed by atoms with Gasteiger partial charge in [-0.05, 0) is 0 Å². The fourth-order valence-electron chi connectivity index (χ4n) is 2.00. The van der Waals surface area contributed by atoms with Crippen LogP contribution in [0.25, 0.3) is 0 Å². The average molecular weight is 283 g/mol. The minimum atomic E-state index is -0.523. The summed E-state index contributed by atoms with van der Waals surface area (Å²) in [5.74, 6) is 4.86. The van der Waals surface area contributed by atoms with Crippen LogP contribution in [0.3, 0.4) is 0 Å². The van der Waals surface area contributed by atoms with Crippen LogP contribution in [-0.2, 0) is 16.1 Å². The van der Waals surface area contributed by atoms with Crippen molar-refractivity contribution in [3.8, 4) is 0 Å². The summed E-state index contributed by atoms with van der Waals surface area (Å²) in [6, 6.07) is 1.11. The van der Waals surface area contributed by atoms with Crippen molar-refractivity contribution in [3.05, 3.63) is 17.5 Å². The van der Waals surface area contributed by atoms with E-state index in [1.54, 1.807) is 7.05 Å². The minimum absolute atomic E-state index is 0.104. The zero-order valence-electron chi connectivity index (χ0n) is 11.1. The van der Waals surface area contributed by atoms with Crippen LogP contribution >= 0.6 is 0 Å². The number of aromatic nitrogens is 1. The number of morpholine rings is 1. The van der Waals surface area contributed by atoms with Gasteiger partial charge in [0.25, 0.3) is 5.91 Å². The van der Waals surface area contributed by atoms with Crippen molar-refractivity contribution in [2.75, 3.05) is 26.8 Å². The summed E-state index contributed by atoms with van der Waals surface area (Å²) in [5, 5.41) is 6.21. The molecule has 1 unspecified atom stereocenters. The van der Waals surface area contributed by atoms with Crippen molar-refractivity contribution in [2.24, 2.45) is 5.84 Å². The van der Waals surface area contributed by atoms with Gasteiger partial charge >= 0.3 is 0 Å². The summed E-state index contributed by atoms with van der Waals surface area (Å²) in [4.78, 5) is 25.0. The van der Waals surface area contributed by atoms with Crippen molar-refractivity contribution in [1.29, 1.82) is 0 Å². The molecule has 110 valence electrons. The molecule has 2 amide bonds. The first-order chi connectivity index (χ1) is 9.65. The number of hydrogen-bond donors (Lipinski definition) is 3. The van der Waals surface area contributed by atoms with Gasteiger partial charge in [0.2, 0.25) is 5.91 Å². The standard InChI is InChI=1S/C11H17N5O4/c1-13-11(18)9-6-19-3-2-16(9)5-7-4-8(15-20-7)10(17)14-12/h4,9H,2-3,5-6,12H2,1H3,(H,13,18)(H,14,17). The SMILES string of the molecule is CNC(=O)C1COCCN1Cc1cc(C(=O)NN)no1. The third-order valence-electron chi connectivity index (χ3n) is 3.07. The molecule has 1 saturated heterocycles. The van der Waals surface area contributed by atoms with Gasteiger partial charge in [0.05, 0.1) is 19.8 Å². The Bertz CT molecular complexity index is 489. The molecule has 1 aromatic heterocycles. The summed E-state index contributed by atoms with van der Waals surface area (Å²) in [6.45, 7) is 1.82. The van der Waals surface area contributed by atoms with E-state index in [-0.39, 0.29) is 17.6 Å². The van der Waals surface area contributed by atoms with Crippen LogP contribution in [0, 0.1) is 0 Å². The molecular weight excluding hydrogens is 266 g/mol. The number of hydrazine groups is 1. The number of nitrogens with one attached hydrogen (secondary N) is 2. The highest BCUT2D eigenvalue weighted by atomic mass is 16.5. The Hall–Kier alpha value is -1.97. The molecule has 0 radical (unpaired) electrons. The molecule has 2 heterocycles. The van der Waals surface area contributed by atoms with Crippen molar-refractivity contribution >= 4 is 11.8 Å². The van der Waals surface area contributed by atoms with Gasteiger partial charge in [-0.15, -0.1) is 0 Å². The lowest BCUT2D eigenvalue weighted by Crippen LogP contribution is -2.52. The lowest BCUT2D eigenvalue weighted by atomic mass is 10.2. The first-order valence-electron chi connectivity index (χ1n) is 6.15. The van der Waals surface area contributed by atoms with Gasteiger partial charge in [-0.1, -0.05) is 5.16 Å². The predicted molar refractivity (Wildman–Crippen MR) is 67.2 cm³/mol. The average Bonchev–Trinajstić information content (AvgIpc) is 2.94. The van der Waals surface area contributed by atoms with Gasteiger partial charge in [0.15, 0.2) is 11.5 Å². The number of likely N-dealkylation sites (N-methyl/N-ethyl adjacent to an activating group) is 1. The number of nitrogens with zero attached hydrogens (tertiary/aromatic N) is 2. The lowest BCUT2D eigenvalue weighted by Gasteiger charge is -2.33. The Labute approximate surface area is 115 Å². The molecule has 1 atom stereocenters. The smallest absolute Gasteiger partial charge is 0.287 e. The van der Waals surface area contributed by atoms with Crippen molar-refractivity contribution in [2.45, 2.75) is 12.6 Å². The number of rotatable bonds is 4. The van der Waals surface area contributed by atoms with E-state index in [2.05, 4.69) is 10.5 Å². The molecule has 1 aromatic rings. The molecule has 9 heteroatoms. The highest BCUT2D eigenvalue weighted by Crippen LogP contribution is 2.13. The molecule has 20 heavy (non-hydrogen) atoms. The second-order valence-electron chi connectivity index (χ2n) is 4.33.